The van der Waals surface area contributed by atoms with Crippen molar-refractivity contribution in [3.05, 3.63) is 66.7 Å². The first kappa shape index (κ1) is 17.1. The van der Waals surface area contributed by atoms with Gasteiger partial charge in [-0.15, -0.1) is 0 Å². The quantitative estimate of drug-likeness (QED) is 0.778. The highest BCUT2D eigenvalue weighted by Crippen LogP contribution is 2.18. The van der Waals surface area contributed by atoms with Crippen LogP contribution in [0.15, 0.2) is 61.2 Å². The first-order valence-corrected chi connectivity index (χ1v) is 9.02. The molecule has 2 amide bonds. The summed E-state index contributed by atoms with van der Waals surface area (Å²) in [6.07, 6.45) is 5.50. The first-order chi connectivity index (χ1) is 13.2. The second-order valence-corrected chi connectivity index (χ2v) is 6.54. The monoisotopic (exact) mass is 362 g/mol. The number of nitrogens with zero attached hydrogens (tertiary/aromatic N) is 5. The van der Waals surface area contributed by atoms with Crippen molar-refractivity contribution in [3.8, 4) is 5.82 Å². The Bertz CT molecular complexity index is 916. The number of hydrogen-bond acceptors (Lipinski definition) is 4. The van der Waals surface area contributed by atoms with Gasteiger partial charge in [0.05, 0.1) is 0 Å². The molecule has 0 bridgehead atoms. The average Bonchev–Trinajstić information content (AvgIpc) is 3.25. The fourth-order valence-corrected chi connectivity index (χ4v) is 3.18. The van der Waals surface area contributed by atoms with E-state index >= 15 is 0 Å². The number of carbonyl (C=O) groups is 1. The Labute approximate surface area is 158 Å². The van der Waals surface area contributed by atoms with Gasteiger partial charge in [-0.2, -0.15) is 0 Å². The number of urea groups is 1. The van der Waals surface area contributed by atoms with Crippen LogP contribution in [0.1, 0.15) is 5.56 Å². The molecule has 2 aromatic heterocycles. The predicted octanol–water partition coefficient (Wildman–Crippen LogP) is 2.93. The molecule has 3 aromatic rings. The average molecular weight is 362 g/mol. The zero-order valence-electron chi connectivity index (χ0n) is 15.2. The Hall–Kier alpha value is -3.35. The van der Waals surface area contributed by atoms with Crippen LogP contribution in [0.2, 0.25) is 0 Å². The third kappa shape index (κ3) is 3.76. The van der Waals surface area contributed by atoms with E-state index < -0.39 is 0 Å². The summed E-state index contributed by atoms with van der Waals surface area (Å²) in [5.74, 6) is 1.72. The minimum Gasteiger partial charge on any atom is -0.353 e. The molecule has 1 aromatic carbocycles. The zero-order chi connectivity index (χ0) is 18.6. The van der Waals surface area contributed by atoms with Crippen LogP contribution in [0.3, 0.4) is 0 Å². The number of nitrogens with one attached hydrogen (secondary N) is 1. The van der Waals surface area contributed by atoms with Crippen molar-refractivity contribution in [1.29, 1.82) is 0 Å². The van der Waals surface area contributed by atoms with Crippen molar-refractivity contribution in [2.45, 2.75) is 6.92 Å². The van der Waals surface area contributed by atoms with Crippen LogP contribution in [0.5, 0.6) is 0 Å². The molecule has 27 heavy (non-hydrogen) atoms. The molecule has 1 fully saturated rings. The first-order valence-electron chi connectivity index (χ1n) is 9.02. The molecule has 0 atom stereocenters. The third-order valence-electron chi connectivity index (χ3n) is 4.78. The molecule has 1 aliphatic rings. The third-order valence-corrected chi connectivity index (χ3v) is 4.78. The Morgan fingerprint density at radius 2 is 1.67 bits per heavy atom. The fourth-order valence-electron chi connectivity index (χ4n) is 3.18. The van der Waals surface area contributed by atoms with Gasteiger partial charge in [-0.1, -0.05) is 18.2 Å². The topological polar surface area (TPSA) is 66.3 Å². The van der Waals surface area contributed by atoms with E-state index in [-0.39, 0.29) is 6.03 Å². The zero-order valence-corrected chi connectivity index (χ0v) is 15.2. The van der Waals surface area contributed by atoms with Gasteiger partial charge in [0.25, 0.3) is 0 Å². The van der Waals surface area contributed by atoms with Gasteiger partial charge in [0.15, 0.2) is 0 Å². The Kier molecular flexibility index (Phi) is 4.74. The summed E-state index contributed by atoms with van der Waals surface area (Å²) in [5, 5.41) is 3.00. The Morgan fingerprint density at radius 1 is 0.963 bits per heavy atom. The normalized spacial score (nSPS) is 14.3. The number of carbonyl (C=O) groups excluding carboxylic acids is 1. The number of rotatable bonds is 3. The SMILES string of the molecule is Cc1ccccc1NC(=O)N1CCN(c2cc(-n3cccc3)ncn2)CC1. The second-order valence-electron chi connectivity index (χ2n) is 6.54. The molecule has 7 heteroatoms. The molecule has 0 radical (unpaired) electrons. The van der Waals surface area contributed by atoms with Crippen molar-refractivity contribution in [1.82, 2.24) is 19.4 Å². The van der Waals surface area contributed by atoms with Gasteiger partial charge in [-0.05, 0) is 30.7 Å². The lowest BCUT2D eigenvalue weighted by Crippen LogP contribution is -2.50. The lowest BCUT2D eigenvalue weighted by Gasteiger charge is -2.35. The summed E-state index contributed by atoms with van der Waals surface area (Å²) < 4.78 is 1.96. The minimum atomic E-state index is -0.0559. The molecular formula is C20H22N6O. The van der Waals surface area contributed by atoms with Gasteiger partial charge in [0.2, 0.25) is 0 Å². The highest BCUT2D eigenvalue weighted by Gasteiger charge is 2.22. The van der Waals surface area contributed by atoms with E-state index in [4.69, 9.17) is 0 Å². The van der Waals surface area contributed by atoms with E-state index in [1.54, 1.807) is 6.33 Å². The van der Waals surface area contributed by atoms with Gasteiger partial charge >= 0.3 is 6.03 Å². The summed E-state index contributed by atoms with van der Waals surface area (Å²) in [5.41, 5.74) is 1.92. The van der Waals surface area contributed by atoms with Crippen LogP contribution < -0.4 is 10.2 Å². The van der Waals surface area contributed by atoms with E-state index in [0.717, 1.165) is 36.0 Å². The number of hydrogen-bond donors (Lipinski definition) is 1. The number of benzene rings is 1. The van der Waals surface area contributed by atoms with Crippen molar-refractivity contribution < 1.29 is 4.79 Å². The molecule has 4 rings (SSSR count). The smallest absolute Gasteiger partial charge is 0.321 e. The lowest BCUT2D eigenvalue weighted by molar-refractivity contribution is 0.208. The molecule has 7 nitrogen and oxygen atoms in total. The van der Waals surface area contributed by atoms with Crippen molar-refractivity contribution in [2.24, 2.45) is 0 Å². The van der Waals surface area contributed by atoms with Gasteiger partial charge in [-0.25, -0.2) is 14.8 Å². The molecule has 3 heterocycles. The molecule has 0 spiro atoms. The predicted molar refractivity (Wildman–Crippen MR) is 105 cm³/mol. The molecule has 1 saturated heterocycles. The van der Waals surface area contributed by atoms with Crippen LogP contribution in [-0.2, 0) is 0 Å². The standard InChI is InChI=1S/C20H22N6O/c1-16-6-2-3-7-17(16)23-20(27)26-12-10-25(11-13-26)19-14-18(21-15-22-19)24-8-4-5-9-24/h2-9,14-15H,10-13H2,1H3,(H,23,27). The molecule has 0 saturated carbocycles. The van der Waals surface area contributed by atoms with Gasteiger partial charge in [-0.3, -0.25) is 0 Å². The number of aryl methyl sites for hydroxylation is 1. The molecule has 138 valence electrons. The van der Waals surface area contributed by atoms with Crippen LogP contribution in [0.4, 0.5) is 16.3 Å². The Balaban J connectivity index is 1.38. The second kappa shape index (κ2) is 7.49. The number of anilines is 2. The highest BCUT2D eigenvalue weighted by molar-refractivity contribution is 5.90. The van der Waals surface area contributed by atoms with E-state index in [2.05, 4.69) is 20.2 Å². The van der Waals surface area contributed by atoms with Crippen molar-refractivity contribution in [3.63, 3.8) is 0 Å². The van der Waals surface area contributed by atoms with Crippen molar-refractivity contribution in [2.75, 3.05) is 36.4 Å². The van der Waals surface area contributed by atoms with Crippen LogP contribution in [0, 0.1) is 6.92 Å². The van der Waals surface area contributed by atoms with Crippen LogP contribution in [0.25, 0.3) is 5.82 Å². The van der Waals surface area contributed by atoms with Crippen LogP contribution >= 0.6 is 0 Å². The largest absolute Gasteiger partial charge is 0.353 e. The van der Waals surface area contributed by atoms with Crippen molar-refractivity contribution >= 4 is 17.5 Å². The fraction of sp³-hybridized carbons (Fsp3) is 0.250. The van der Waals surface area contributed by atoms with E-state index in [1.807, 2.05) is 71.2 Å². The maximum atomic E-state index is 12.5. The van der Waals surface area contributed by atoms with Gasteiger partial charge in [0, 0.05) is 50.3 Å². The van der Waals surface area contributed by atoms with E-state index in [1.165, 1.54) is 0 Å². The van der Waals surface area contributed by atoms with E-state index in [9.17, 15) is 4.79 Å². The molecule has 1 aliphatic heterocycles. The summed E-state index contributed by atoms with van der Waals surface area (Å²) >= 11 is 0. The molecule has 0 unspecified atom stereocenters. The number of piperazine rings is 1. The van der Waals surface area contributed by atoms with Gasteiger partial charge < -0.3 is 19.7 Å². The maximum Gasteiger partial charge on any atom is 0.321 e. The highest BCUT2D eigenvalue weighted by atomic mass is 16.2. The summed E-state index contributed by atoms with van der Waals surface area (Å²) in [4.78, 5) is 25.3. The lowest BCUT2D eigenvalue weighted by atomic mass is 10.2. The number of amides is 2. The molecular weight excluding hydrogens is 340 g/mol. The summed E-state index contributed by atoms with van der Waals surface area (Å²) in [6.45, 7) is 4.78. The van der Waals surface area contributed by atoms with Crippen LogP contribution in [-0.4, -0.2) is 51.6 Å². The number of para-hydroxylation sites is 1. The minimum absolute atomic E-state index is 0.0559. The van der Waals surface area contributed by atoms with Gasteiger partial charge in [0.1, 0.15) is 18.0 Å². The maximum absolute atomic E-state index is 12.5. The summed E-state index contributed by atoms with van der Waals surface area (Å²) in [7, 11) is 0. The number of aromatic nitrogens is 3. The summed E-state index contributed by atoms with van der Waals surface area (Å²) in [6, 6.07) is 13.7. The van der Waals surface area contributed by atoms with E-state index in [0.29, 0.717) is 13.1 Å². The molecule has 1 N–H and O–H groups in total. The Morgan fingerprint density at radius 3 is 2.41 bits per heavy atom. The molecule has 0 aliphatic carbocycles.